The molecule has 1 N–H and O–H groups in total. The number of hydrogen-bond donors (Lipinski definition) is 1. The lowest BCUT2D eigenvalue weighted by Gasteiger charge is -2.07. The van der Waals surface area contributed by atoms with Crippen LogP contribution in [0.15, 0.2) is 72.8 Å². The van der Waals surface area contributed by atoms with Crippen molar-refractivity contribution >= 4 is 22.6 Å². The van der Waals surface area contributed by atoms with Gasteiger partial charge in [-0.2, -0.15) is 0 Å². The van der Waals surface area contributed by atoms with Crippen molar-refractivity contribution in [3.63, 3.8) is 0 Å². The molecule has 0 aromatic heterocycles. The van der Waals surface area contributed by atoms with Crippen LogP contribution in [0.4, 0.5) is 10.5 Å². The molecule has 0 saturated carbocycles. The van der Waals surface area contributed by atoms with Gasteiger partial charge in [-0.15, -0.1) is 0 Å². The molecular formula is C18H15NO2. The third kappa shape index (κ3) is 3.39. The summed E-state index contributed by atoms with van der Waals surface area (Å²) in [5, 5.41) is 5.00. The SMILES string of the molecule is O=C(Nc1ccccc1)OCc1ccc2ccccc2c1. The molecule has 3 aromatic rings. The lowest BCUT2D eigenvalue weighted by molar-refractivity contribution is 0.155. The van der Waals surface area contributed by atoms with Gasteiger partial charge >= 0.3 is 6.09 Å². The van der Waals surface area contributed by atoms with Gasteiger partial charge in [0.25, 0.3) is 0 Å². The van der Waals surface area contributed by atoms with E-state index in [1.54, 1.807) is 0 Å². The second-order valence-corrected chi connectivity index (χ2v) is 4.75. The molecular weight excluding hydrogens is 262 g/mol. The molecule has 0 atom stereocenters. The first-order valence-electron chi connectivity index (χ1n) is 6.78. The van der Waals surface area contributed by atoms with E-state index in [9.17, 15) is 4.79 Å². The first-order valence-corrected chi connectivity index (χ1v) is 6.78. The molecule has 0 unspecified atom stereocenters. The van der Waals surface area contributed by atoms with Gasteiger partial charge in [-0.05, 0) is 34.5 Å². The van der Waals surface area contributed by atoms with Crippen molar-refractivity contribution in [3.05, 3.63) is 78.4 Å². The smallest absolute Gasteiger partial charge is 0.411 e. The maximum Gasteiger partial charge on any atom is 0.411 e. The summed E-state index contributed by atoms with van der Waals surface area (Å²) in [6.07, 6.45) is -0.450. The average molecular weight is 277 g/mol. The summed E-state index contributed by atoms with van der Waals surface area (Å²) in [7, 11) is 0. The van der Waals surface area contributed by atoms with Crippen molar-refractivity contribution in [2.45, 2.75) is 6.61 Å². The zero-order valence-corrected chi connectivity index (χ0v) is 11.5. The number of hydrogen-bond acceptors (Lipinski definition) is 2. The number of ether oxygens (including phenoxy) is 1. The van der Waals surface area contributed by atoms with Crippen LogP contribution in [0, 0.1) is 0 Å². The Hall–Kier alpha value is -2.81. The van der Waals surface area contributed by atoms with Crippen LogP contribution in [0.25, 0.3) is 10.8 Å². The van der Waals surface area contributed by atoms with Gasteiger partial charge in [-0.1, -0.05) is 54.6 Å². The van der Waals surface area contributed by atoms with Crippen LogP contribution in [0.2, 0.25) is 0 Å². The molecule has 0 aliphatic carbocycles. The molecule has 0 saturated heterocycles. The molecule has 0 heterocycles. The predicted molar refractivity (Wildman–Crippen MR) is 84.2 cm³/mol. The minimum Gasteiger partial charge on any atom is -0.444 e. The van der Waals surface area contributed by atoms with Crippen molar-refractivity contribution in [1.82, 2.24) is 0 Å². The third-order valence-corrected chi connectivity index (χ3v) is 3.20. The molecule has 3 aromatic carbocycles. The van der Waals surface area contributed by atoms with Gasteiger partial charge in [0, 0.05) is 5.69 Å². The van der Waals surface area contributed by atoms with Gasteiger partial charge in [0.15, 0.2) is 0 Å². The Balaban J connectivity index is 1.62. The Labute approximate surface area is 123 Å². The van der Waals surface area contributed by atoms with Crippen LogP contribution >= 0.6 is 0 Å². The van der Waals surface area contributed by atoms with E-state index >= 15 is 0 Å². The summed E-state index contributed by atoms with van der Waals surface area (Å²) in [5.41, 5.74) is 1.69. The summed E-state index contributed by atoms with van der Waals surface area (Å²) in [6.45, 7) is 0.253. The highest BCUT2D eigenvalue weighted by molar-refractivity contribution is 5.85. The van der Waals surface area contributed by atoms with Crippen LogP contribution in [0.1, 0.15) is 5.56 Å². The first-order chi connectivity index (χ1) is 10.3. The van der Waals surface area contributed by atoms with E-state index in [1.165, 1.54) is 5.39 Å². The molecule has 0 fully saturated rings. The Kier molecular flexibility index (Phi) is 3.83. The van der Waals surface area contributed by atoms with Gasteiger partial charge in [0.05, 0.1) is 0 Å². The topological polar surface area (TPSA) is 38.3 Å². The minimum absolute atomic E-state index is 0.253. The molecule has 21 heavy (non-hydrogen) atoms. The van der Waals surface area contributed by atoms with Crippen molar-refractivity contribution in [2.24, 2.45) is 0 Å². The molecule has 0 aliphatic rings. The standard InChI is InChI=1S/C18H15NO2/c20-18(19-17-8-2-1-3-9-17)21-13-14-10-11-15-6-4-5-7-16(15)12-14/h1-12H,13H2,(H,19,20). The monoisotopic (exact) mass is 277 g/mol. The van der Waals surface area contributed by atoms with Gasteiger partial charge in [0.2, 0.25) is 0 Å². The van der Waals surface area contributed by atoms with E-state index in [-0.39, 0.29) is 6.61 Å². The molecule has 0 bridgehead atoms. The van der Waals surface area contributed by atoms with E-state index in [0.29, 0.717) is 0 Å². The Morgan fingerprint density at radius 3 is 2.38 bits per heavy atom. The van der Waals surface area contributed by atoms with Crippen molar-refractivity contribution in [1.29, 1.82) is 0 Å². The van der Waals surface area contributed by atoms with Crippen LogP contribution in [0.3, 0.4) is 0 Å². The lowest BCUT2D eigenvalue weighted by Crippen LogP contribution is -2.13. The predicted octanol–water partition coefficient (Wildman–Crippen LogP) is 4.59. The normalized spacial score (nSPS) is 10.3. The lowest BCUT2D eigenvalue weighted by atomic mass is 10.1. The summed E-state index contributed by atoms with van der Waals surface area (Å²) in [6, 6.07) is 23.4. The Morgan fingerprint density at radius 1 is 0.857 bits per heavy atom. The molecule has 104 valence electrons. The fraction of sp³-hybridized carbons (Fsp3) is 0.0556. The zero-order chi connectivity index (χ0) is 14.5. The quantitative estimate of drug-likeness (QED) is 0.760. The number of anilines is 1. The zero-order valence-electron chi connectivity index (χ0n) is 11.5. The van der Waals surface area contributed by atoms with E-state index in [1.807, 2.05) is 66.7 Å². The number of rotatable bonds is 3. The minimum atomic E-state index is -0.450. The van der Waals surface area contributed by atoms with Gasteiger partial charge in [-0.25, -0.2) is 4.79 Å². The van der Waals surface area contributed by atoms with Gasteiger partial charge in [-0.3, -0.25) is 5.32 Å². The largest absolute Gasteiger partial charge is 0.444 e. The van der Waals surface area contributed by atoms with E-state index in [4.69, 9.17) is 4.74 Å². The Morgan fingerprint density at radius 2 is 1.57 bits per heavy atom. The fourth-order valence-electron chi connectivity index (χ4n) is 2.15. The maximum atomic E-state index is 11.7. The number of benzene rings is 3. The highest BCUT2D eigenvalue weighted by atomic mass is 16.5. The van der Waals surface area contributed by atoms with E-state index < -0.39 is 6.09 Å². The van der Waals surface area contributed by atoms with Crippen LogP contribution in [-0.4, -0.2) is 6.09 Å². The van der Waals surface area contributed by atoms with Crippen molar-refractivity contribution in [2.75, 3.05) is 5.32 Å². The molecule has 0 aliphatic heterocycles. The number of para-hydroxylation sites is 1. The van der Waals surface area contributed by atoms with Crippen LogP contribution in [0.5, 0.6) is 0 Å². The number of fused-ring (bicyclic) bond motifs is 1. The summed E-state index contributed by atoms with van der Waals surface area (Å²) < 4.78 is 5.23. The fourth-order valence-corrected chi connectivity index (χ4v) is 2.15. The summed E-state index contributed by atoms with van der Waals surface area (Å²) in [5.74, 6) is 0. The number of nitrogens with one attached hydrogen (secondary N) is 1. The van der Waals surface area contributed by atoms with Crippen LogP contribution < -0.4 is 5.32 Å². The highest BCUT2D eigenvalue weighted by Gasteiger charge is 2.03. The summed E-state index contributed by atoms with van der Waals surface area (Å²) in [4.78, 5) is 11.7. The molecule has 0 radical (unpaired) electrons. The second-order valence-electron chi connectivity index (χ2n) is 4.75. The maximum absolute atomic E-state index is 11.7. The Bertz CT molecular complexity index is 753. The van der Waals surface area contributed by atoms with Gasteiger partial charge in [0.1, 0.15) is 6.61 Å². The number of amides is 1. The molecule has 0 spiro atoms. The number of carbonyl (C=O) groups excluding carboxylic acids is 1. The third-order valence-electron chi connectivity index (χ3n) is 3.20. The average Bonchev–Trinajstić information content (AvgIpc) is 2.54. The number of carbonyl (C=O) groups is 1. The highest BCUT2D eigenvalue weighted by Crippen LogP contribution is 2.16. The molecule has 3 rings (SSSR count). The molecule has 3 heteroatoms. The summed E-state index contributed by atoms with van der Waals surface area (Å²) >= 11 is 0. The second kappa shape index (κ2) is 6.09. The van der Waals surface area contributed by atoms with E-state index in [0.717, 1.165) is 16.6 Å². The van der Waals surface area contributed by atoms with Gasteiger partial charge < -0.3 is 4.74 Å². The first kappa shape index (κ1) is 13.2. The molecule has 3 nitrogen and oxygen atoms in total. The van der Waals surface area contributed by atoms with Crippen molar-refractivity contribution < 1.29 is 9.53 Å². The van der Waals surface area contributed by atoms with Crippen molar-refractivity contribution in [3.8, 4) is 0 Å². The van der Waals surface area contributed by atoms with E-state index in [2.05, 4.69) is 11.4 Å². The molecule has 1 amide bonds. The van der Waals surface area contributed by atoms with Crippen LogP contribution in [-0.2, 0) is 11.3 Å².